The van der Waals surface area contributed by atoms with Gasteiger partial charge in [-0.15, -0.1) is 0 Å². The Hall–Kier alpha value is -3.46. The maximum Gasteiger partial charge on any atom is 2.00 e. The van der Waals surface area contributed by atoms with Gasteiger partial charge in [0.15, 0.2) is 0 Å². The molecule has 14 nitrogen and oxygen atoms in total. The summed E-state index contributed by atoms with van der Waals surface area (Å²) in [5, 5.41) is 0. The van der Waals surface area contributed by atoms with Crippen LogP contribution in [0.15, 0.2) is 82.6 Å². The topological polar surface area (TPSA) is 192 Å². The van der Waals surface area contributed by atoms with E-state index in [1.54, 1.807) is 62.4 Å². The maximum atomic E-state index is 12.2. The molecule has 0 aliphatic carbocycles. The molecule has 0 spiro atoms. The van der Waals surface area contributed by atoms with Gasteiger partial charge in [-0.25, -0.2) is 36.2 Å². The average molecular weight is 774 g/mol. The van der Waals surface area contributed by atoms with Gasteiger partial charge in [-0.1, -0.05) is 36.4 Å². The number of hydrogen-bond donors (Lipinski definition) is 6. The fraction of sp³-hybridized carbons (Fsp3) is 0.0833. The number of anilines is 4. The predicted molar refractivity (Wildman–Crippen MR) is 181 cm³/mol. The van der Waals surface area contributed by atoms with Crippen molar-refractivity contribution in [2.75, 3.05) is 20.3 Å². The number of hydrazine groups is 2. The number of rotatable bonds is 10. The molecule has 0 unspecified atom stereocenters. The molecule has 2 aromatic carbocycles. The normalized spacial score (nSPS) is 10.5. The molecule has 232 valence electrons. The minimum atomic E-state index is -3.75. The van der Waals surface area contributed by atoms with Crippen LogP contribution in [0.25, 0.3) is 0 Å². The molecular weight excluding hydrogens is 750 g/mol. The molecule has 6 N–H and O–H groups in total. The molecule has 21 heteroatoms. The van der Waals surface area contributed by atoms with Gasteiger partial charge in [-0.05, 0) is 46.8 Å². The largest absolute Gasteiger partial charge is 2.00 e. The Balaban J connectivity index is 0.000000307. The van der Waals surface area contributed by atoms with Crippen molar-refractivity contribution in [1.29, 1.82) is 0 Å². The molecule has 0 fully saturated rings. The predicted octanol–water partition coefficient (Wildman–Crippen LogP) is 2.67. The standard InChI is InChI=1S/2C12H13N5O2S3.Zn/c2*1-8-7-10(15-16-12(20)21)14-11(13-8)17-22(18,19)9-5-3-2-4-6-9;/h2*2-7H,1H3,(H2,16,20,21)(H2,13,14,15,17);/q;;+2/p-2. The number of nitrogens with zero attached hydrogens (tertiary/aromatic N) is 4. The number of aromatic nitrogens is 4. The Morgan fingerprint density at radius 2 is 0.956 bits per heavy atom. The molecule has 2 aromatic heterocycles. The van der Waals surface area contributed by atoms with E-state index in [9.17, 15) is 16.8 Å². The fourth-order valence-electron chi connectivity index (χ4n) is 3.14. The molecule has 0 amide bonds. The SMILES string of the molecule is Cc1cc(NNC(=S)[S-])nc(NS(=O)(=O)c2ccccc2)n1.Cc1cc(NNC(=S)[S-])nc(NS(=O)(=O)c2ccccc2)n1.[Zn+2]. The number of thiocarbonyl (C=S) groups is 2. The van der Waals surface area contributed by atoms with Crippen LogP contribution >= 0.6 is 24.4 Å². The molecule has 2 heterocycles. The summed E-state index contributed by atoms with van der Waals surface area (Å²) >= 11 is 18.8. The van der Waals surface area contributed by atoms with Crippen LogP contribution in [0.2, 0.25) is 0 Å². The third kappa shape index (κ3) is 12.8. The van der Waals surface area contributed by atoms with Crippen LogP contribution in [0, 0.1) is 13.8 Å². The zero-order valence-corrected chi connectivity index (χ0v) is 31.4. The van der Waals surface area contributed by atoms with Crippen LogP contribution in [-0.2, 0) is 64.8 Å². The second kappa shape index (κ2) is 17.3. The molecule has 0 atom stereocenters. The van der Waals surface area contributed by atoms with Crippen molar-refractivity contribution in [2.45, 2.75) is 23.6 Å². The van der Waals surface area contributed by atoms with E-state index in [1.807, 2.05) is 0 Å². The first-order valence-corrected chi connectivity index (χ1v) is 16.7. The number of aryl methyl sites for hydroxylation is 2. The molecule has 45 heavy (non-hydrogen) atoms. The minimum Gasteiger partial charge on any atom is -0.410 e. The molecule has 0 aliphatic heterocycles. The van der Waals surface area contributed by atoms with Crippen molar-refractivity contribution < 1.29 is 36.3 Å². The van der Waals surface area contributed by atoms with E-state index in [0.717, 1.165) is 0 Å². The molecule has 0 saturated heterocycles. The van der Waals surface area contributed by atoms with E-state index in [2.05, 4.69) is 51.1 Å². The molecular formula is C24H24N10O4S6Zn. The van der Waals surface area contributed by atoms with Gasteiger partial charge in [0.1, 0.15) is 11.6 Å². The summed E-state index contributed by atoms with van der Waals surface area (Å²) < 4.78 is 53.8. The fourth-order valence-corrected chi connectivity index (χ4v) is 5.28. The summed E-state index contributed by atoms with van der Waals surface area (Å²) in [6, 6.07) is 19.1. The van der Waals surface area contributed by atoms with Crippen LogP contribution < -0.4 is 31.1 Å². The van der Waals surface area contributed by atoms with Gasteiger partial charge in [-0.3, -0.25) is 10.9 Å². The van der Waals surface area contributed by atoms with E-state index in [-0.39, 0.29) is 49.8 Å². The van der Waals surface area contributed by atoms with E-state index in [4.69, 9.17) is 49.7 Å². The molecule has 0 radical (unpaired) electrons. The number of hydrogen-bond acceptors (Lipinski definition) is 14. The van der Waals surface area contributed by atoms with Gasteiger partial charge in [0.2, 0.25) is 11.9 Å². The molecule has 4 rings (SSSR count). The minimum absolute atomic E-state index is 0. The Morgan fingerprint density at radius 1 is 0.622 bits per heavy atom. The molecule has 0 bridgehead atoms. The first kappa shape index (κ1) is 37.7. The molecule has 0 saturated carbocycles. The quantitative estimate of drug-likeness (QED) is 0.0596. The van der Waals surface area contributed by atoms with Gasteiger partial charge in [-0.2, -0.15) is 9.97 Å². The Bertz CT molecular complexity index is 1700. The van der Waals surface area contributed by atoms with E-state index in [0.29, 0.717) is 23.0 Å². The van der Waals surface area contributed by atoms with Crippen LogP contribution in [0.1, 0.15) is 11.4 Å². The van der Waals surface area contributed by atoms with Gasteiger partial charge >= 0.3 is 19.5 Å². The Labute approximate surface area is 295 Å². The van der Waals surface area contributed by atoms with Crippen molar-refractivity contribution in [2.24, 2.45) is 0 Å². The summed E-state index contributed by atoms with van der Waals surface area (Å²) in [6.07, 6.45) is 0. The first-order valence-electron chi connectivity index (χ1n) is 12.1. The summed E-state index contributed by atoms with van der Waals surface area (Å²) in [4.78, 5) is 16.4. The third-order valence-electron chi connectivity index (χ3n) is 4.85. The molecule has 0 aliphatic rings. The van der Waals surface area contributed by atoms with E-state index >= 15 is 0 Å². The van der Waals surface area contributed by atoms with Gasteiger partial charge in [0, 0.05) is 23.5 Å². The summed E-state index contributed by atoms with van der Waals surface area (Å²) in [5.41, 5.74) is 11.6. The number of nitrogens with one attached hydrogen (secondary N) is 6. The number of benzene rings is 2. The van der Waals surface area contributed by atoms with Crippen molar-refractivity contribution in [1.82, 2.24) is 30.8 Å². The Morgan fingerprint density at radius 3 is 1.27 bits per heavy atom. The van der Waals surface area contributed by atoms with Crippen LogP contribution in [-0.4, -0.2) is 45.4 Å². The average Bonchev–Trinajstić information content (AvgIpc) is 2.95. The summed E-state index contributed by atoms with van der Waals surface area (Å²) in [5.74, 6) is 0.572. The first-order chi connectivity index (χ1) is 20.7. The Kier molecular flexibility index (Phi) is 14.5. The van der Waals surface area contributed by atoms with Gasteiger partial charge in [0.25, 0.3) is 20.0 Å². The van der Waals surface area contributed by atoms with Crippen molar-refractivity contribution in [3.05, 3.63) is 84.2 Å². The van der Waals surface area contributed by atoms with Crippen LogP contribution in [0.5, 0.6) is 0 Å². The molecule has 4 aromatic rings. The monoisotopic (exact) mass is 772 g/mol. The maximum absolute atomic E-state index is 12.2. The second-order valence-corrected chi connectivity index (χ2v) is 13.9. The van der Waals surface area contributed by atoms with Crippen molar-refractivity contribution in [3.63, 3.8) is 0 Å². The number of sulfonamides is 2. The second-order valence-electron chi connectivity index (χ2n) is 8.35. The summed E-state index contributed by atoms with van der Waals surface area (Å²) in [7, 11) is -7.50. The smallest absolute Gasteiger partial charge is 0.410 e. The zero-order valence-electron chi connectivity index (χ0n) is 23.5. The van der Waals surface area contributed by atoms with E-state index < -0.39 is 20.0 Å². The zero-order chi connectivity index (χ0) is 32.3. The summed E-state index contributed by atoms with van der Waals surface area (Å²) in [6.45, 7) is 3.42. The van der Waals surface area contributed by atoms with Crippen LogP contribution in [0.3, 0.4) is 0 Å². The van der Waals surface area contributed by atoms with E-state index in [1.165, 1.54) is 24.3 Å². The van der Waals surface area contributed by atoms with Crippen molar-refractivity contribution >= 4 is 102 Å². The van der Waals surface area contributed by atoms with Gasteiger partial charge in [0.05, 0.1) is 9.79 Å². The van der Waals surface area contributed by atoms with Gasteiger partial charge < -0.3 is 60.5 Å². The van der Waals surface area contributed by atoms with Crippen molar-refractivity contribution in [3.8, 4) is 0 Å². The van der Waals surface area contributed by atoms with Crippen LogP contribution in [0.4, 0.5) is 23.5 Å². The third-order valence-corrected chi connectivity index (χ3v) is 7.95.